The molecule has 9 heteroatoms. The SMILES string of the molecule is COc1cccc(NC(=O)CN(c2ccc(C(C)C)cc2)S(=O)(=O)c2c(C)nn(C)c2C)c1. The third kappa shape index (κ3) is 5.19. The van der Waals surface area contributed by atoms with Crippen molar-refractivity contribution >= 4 is 27.3 Å². The molecule has 33 heavy (non-hydrogen) atoms. The molecule has 0 aliphatic carbocycles. The number of amides is 1. The molecule has 0 radical (unpaired) electrons. The topological polar surface area (TPSA) is 93.5 Å². The fourth-order valence-corrected chi connectivity index (χ4v) is 5.44. The minimum absolute atomic E-state index is 0.104. The number of benzene rings is 2. The Kier molecular flexibility index (Phi) is 7.12. The minimum Gasteiger partial charge on any atom is -0.497 e. The van der Waals surface area contributed by atoms with E-state index in [1.54, 1.807) is 57.3 Å². The number of rotatable bonds is 8. The van der Waals surface area contributed by atoms with Gasteiger partial charge >= 0.3 is 0 Å². The second-order valence-corrected chi connectivity index (χ2v) is 9.96. The van der Waals surface area contributed by atoms with Crippen molar-refractivity contribution in [2.75, 3.05) is 23.3 Å². The lowest BCUT2D eigenvalue weighted by atomic mass is 10.0. The molecule has 0 bridgehead atoms. The summed E-state index contributed by atoms with van der Waals surface area (Å²) < 4.78 is 35.4. The van der Waals surface area contributed by atoms with E-state index in [-0.39, 0.29) is 4.90 Å². The molecule has 1 N–H and O–H groups in total. The number of methoxy groups -OCH3 is 1. The summed E-state index contributed by atoms with van der Waals surface area (Å²) in [7, 11) is -0.834. The normalized spacial score (nSPS) is 11.5. The Morgan fingerprint density at radius 1 is 1.15 bits per heavy atom. The largest absolute Gasteiger partial charge is 0.497 e. The maximum atomic E-state index is 13.8. The predicted octanol–water partition coefficient (Wildman–Crippen LogP) is 4.00. The highest BCUT2D eigenvalue weighted by Crippen LogP contribution is 2.29. The first-order chi connectivity index (χ1) is 15.5. The van der Waals surface area contributed by atoms with Crippen LogP contribution in [0.15, 0.2) is 53.4 Å². The summed E-state index contributed by atoms with van der Waals surface area (Å²) in [5.74, 6) is 0.408. The Balaban J connectivity index is 2.00. The monoisotopic (exact) mass is 470 g/mol. The van der Waals surface area contributed by atoms with E-state index in [2.05, 4.69) is 24.3 Å². The van der Waals surface area contributed by atoms with Gasteiger partial charge in [0.25, 0.3) is 10.0 Å². The van der Waals surface area contributed by atoms with Gasteiger partial charge in [-0.1, -0.05) is 32.0 Å². The van der Waals surface area contributed by atoms with Crippen molar-refractivity contribution < 1.29 is 17.9 Å². The van der Waals surface area contributed by atoms with Crippen molar-refractivity contribution in [3.63, 3.8) is 0 Å². The quantitative estimate of drug-likeness (QED) is 0.537. The minimum atomic E-state index is -4.06. The van der Waals surface area contributed by atoms with Gasteiger partial charge in [-0.25, -0.2) is 8.42 Å². The third-order valence-electron chi connectivity index (χ3n) is 5.48. The Morgan fingerprint density at radius 3 is 2.36 bits per heavy atom. The molecule has 0 aliphatic heterocycles. The summed E-state index contributed by atoms with van der Waals surface area (Å²) in [4.78, 5) is 13.0. The van der Waals surface area contributed by atoms with Crippen LogP contribution in [-0.2, 0) is 21.9 Å². The standard InChI is InChI=1S/C24H30N4O4S/c1-16(2)19-10-12-21(13-11-19)28(33(30,31)24-17(3)26-27(5)18(24)4)15-23(29)25-20-8-7-9-22(14-20)32-6/h7-14,16H,15H2,1-6H3,(H,25,29). The molecule has 1 aromatic heterocycles. The van der Waals surface area contributed by atoms with Crippen LogP contribution < -0.4 is 14.4 Å². The van der Waals surface area contributed by atoms with Gasteiger partial charge in [0.05, 0.1) is 24.2 Å². The van der Waals surface area contributed by atoms with Gasteiger partial charge in [-0.15, -0.1) is 0 Å². The van der Waals surface area contributed by atoms with Gasteiger partial charge in [-0.05, 0) is 49.6 Å². The van der Waals surface area contributed by atoms with Crippen LogP contribution in [0.3, 0.4) is 0 Å². The first-order valence-corrected chi connectivity index (χ1v) is 12.1. The average molecular weight is 471 g/mol. The highest BCUT2D eigenvalue weighted by atomic mass is 32.2. The molecule has 0 spiro atoms. The van der Waals surface area contributed by atoms with Crippen LogP contribution in [0.1, 0.15) is 36.7 Å². The molecule has 3 rings (SSSR count). The molecule has 8 nitrogen and oxygen atoms in total. The van der Waals surface area contributed by atoms with E-state index in [0.29, 0.717) is 34.4 Å². The lowest BCUT2D eigenvalue weighted by Crippen LogP contribution is -2.38. The number of aryl methyl sites for hydroxylation is 2. The van der Waals surface area contributed by atoms with Gasteiger partial charge < -0.3 is 10.1 Å². The van der Waals surface area contributed by atoms with Gasteiger partial charge in [0.1, 0.15) is 17.2 Å². The first kappa shape index (κ1) is 24.3. The smallest absolute Gasteiger partial charge is 0.268 e. The lowest BCUT2D eigenvalue weighted by molar-refractivity contribution is -0.114. The van der Waals surface area contributed by atoms with Crippen LogP contribution in [-0.4, -0.2) is 37.8 Å². The molecular weight excluding hydrogens is 440 g/mol. The lowest BCUT2D eigenvalue weighted by Gasteiger charge is -2.25. The molecule has 0 fully saturated rings. The summed E-state index contributed by atoms with van der Waals surface area (Å²) >= 11 is 0. The number of ether oxygens (including phenoxy) is 1. The molecular formula is C24H30N4O4S. The number of hydrogen-bond donors (Lipinski definition) is 1. The van der Waals surface area contributed by atoms with Crippen LogP contribution in [0.4, 0.5) is 11.4 Å². The number of carbonyl (C=O) groups excluding carboxylic acids is 1. The predicted molar refractivity (Wildman–Crippen MR) is 129 cm³/mol. The first-order valence-electron chi connectivity index (χ1n) is 10.6. The molecule has 0 unspecified atom stereocenters. The third-order valence-corrected chi connectivity index (χ3v) is 7.51. The van der Waals surface area contributed by atoms with Crippen LogP contribution in [0.25, 0.3) is 0 Å². The summed E-state index contributed by atoms with van der Waals surface area (Å²) in [5.41, 5.74) is 2.88. The number of carbonyl (C=O) groups is 1. The number of sulfonamides is 1. The van der Waals surface area contributed by atoms with E-state index in [9.17, 15) is 13.2 Å². The maximum Gasteiger partial charge on any atom is 0.268 e. The zero-order valence-corrected chi connectivity index (χ0v) is 20.6. The Labute approximate surface area is 195 Å². The van der Waals surface area contributed by atoms with Crippen molar-refractivity contribution in [3.05, 3.63) is 65.5 Å². The second-order valence-electron chi connectivity index (χ2n) is 8.16. The zero-order chi connectivity index (χ0) is 24.3. The van der Waals surface area contributed by atoms with Gasteiger partial charge in [0.15, 0.2) is 0 Å². The summed E-state index contributed by atoms with van der Waals surface area (Å²) in [5, 5.41) is 7.01. The van der Waals surface area contributed by atoms with E-state index >= 15 is 0 Å². The molecule has 1 heterocycles. The highest BCUT2D eigenvalue weighted by Gasteiger charge is 2.32. The Bertz CT molecular complexity index is 1250. The van der Waals surface area contributed by atoms with Crippen molar-refractivity contribution in [1.29, 1.82) is 0 Å². The molecule has 0 saturated carbocycles. The van der Waals surface area contributed by atoms with Gasteiger partial charge in [0.2, 0.25) is 5.91 Å². The van der Waals surface area contributed by atoms with Crippen LogP contribution >= 0.6 is 0 Å². The van der Waals surface area contributed by atoms with E-state index < -0.39 is 22.5 Å². The van der Waals surface area contributed by atoms with E-state index in [0.717, 1.165) is 9.87 Å². The van der Waals surface area contributed by atoms with Gasteiger partial charge in [0, 0.05) is 18.8 Å². The number of nitrogens with zero attached hydrogens (tertiary/aromatic N) is 3. The van der Waals surface area contributed by atoms with E-state index in [1.165, 1.54) is 11.8 Å². The zero-order valence-electron chi connectivity index (χ0n) is 19.8. The highest BCUT2D eigenvalue weighted by molar-refractivity contribution is 7.93. The molecule has 0 aliphatic rings. The van der Waals surface area contributed by atoms with Crippen molar-refractivity contribution in [3.8, 4) is 5.75 Å². The van der Waals surface area contributed by atoms with Crippen molar-refractivity contribution in [2.24, 2.45) is 7.05 Å². The number of nitrogens with one attached hydrogen (secondary N) is 1. The van der Waals surface area contributed by atoms with Crippen LogP contribution in [0.2, 0.25) is 0 Å². The molecule has 2 aromatic carbocycles. The number of anilines is 2. The molecule has 0 atom stereocenters. The fourth-order valence-electron chi connectivity index (χ4n) is 3.61. The average Bonchev–Trinajstić information content (AvgIpc) is 3.03. The van der Waals surface area contributed by atoms with Crippen LogP contribution in [0, 0.1) is 13.8 Å². The molecule has 1 amide bonds. The van der Waals surface area contributed by atoms with Crippen LogP contribution in [0.5, 0.6) is 5.75 Å². The van der Waals surface area contributed by atoms with Crippen molar-refractivity contribution in [2.45, 2.75) is 38.5 Å². The number of hydrogen-bond acceptors (Lipinski definition) is 5. The number of aromatic nitrogens is 2. The fraction of sp³-hybridized carbons (Fsp3) is 0.333. The Hall–Kier alpha value is -3.33. The van der Waals surface area contributed by atoms with Gasteiger partial charge in [-0.2, -0.15) is 5.10 Å². The van der Waals surface area contributed by atoms with E-state index in [4.69, 9.17) is 4.74 Å². The molecule has 176 valence electrons. The molecule has 3 aromatic rings. The van der Waals surface area contributed by atoms with E-state index in [1.807, 2.05) is 12.1 Å². The second kappa shape index (κ2) is 9.66. The summed E-state index contributed by atoms with van der Waals surface area (Å²) in [6, 6.07) is 14.1. The summed E-state index contributed by atoms with van der Waals surface area (Å²) in [6.45, 7) is 7.08. The van der Waals surface area contributed by atoms with Gasteiger partial charge in [-0.3, -0.25) is 13.8 Å². The maximum absolute atomic E-state index is 13.8. The van der Waals surface area contributed by atoms with Crippen molar-refractivity contribution in [1.82, 2.24) is 9.78 Å². The molecule has 0 saturated heterocycles. The Morgan fingerprint density at radius 2 is 1.82 bits per heavy atom. The summed E-state index contributed by atoms with van der Waals surface area (Å²) in [6.07, 6.45) is 0.